The largest absolute Gasteiger partial charge is 0.365 e. The van der Waals surface area contributed by atoms with Crippen LogP contribution in [0, 0.1) is 11.3 Å². The van der Waals surface area contributed by atoms with E-state index in [1.54, 1.807) is 22.9 Å². The van der Waals surface area contributed by atoms with Crippen LogP contribution in [-0.2, 0) is 6.54 Å². The topological polar surface area (TPSA) is 53.6 Å². The Morgan fingerprint density at radius 2 is 1.87 bits per heavy atom. The third-order valence-corrected chi connectivity index (χ3v) is 4.16. The van der Waals surface area contributed by atoms with Crippen LogP contribution in [0.1, 0.15) is 11.1 Å². The fourth-order valence-corrected chi connectivity index (χ4v) is 2.60. The molecule has 0 radical (unpaired) electrons. The molecule has 3 aromatic rings. The van der Waals surface area contributed by atoms with Crippen molar-refractivity contribution in [2.24, 2.45) is 0 Å². The highest BCUT2D eigenvalue weighted by Crippen LogP contribution is 2.31. The summed E-state index contributed by atoms with van der Waals surface area (Å²) >= 11 is 12.3. The summed E-state index contributed by atoms with van der Waals surface area (Å²) in [6, 6.07) is 17.3. The molecule has 114 valence electrons. The number of rotatable bonds is 4. The number of benzene rings is 2. The Bertz CT molecular complexity index is 866. The minimum absolute atomic E-state index is 0.393. The molecule has 4 nitrogen and oxygen atoms in total. The van der Waals surface area contributed by atoms with E-state index < -0.39 is 0 Å². The van der Waals surface area contributed by atoms with Crippen molar-refractivity contribution < 1.29 is 0 Å². The quantitative estimate of drug-likeness (QED) is 0.749. The van der Waals surface area contributed by atoms with Crippen LogP contribution in [0.2, 0.25) is 10.0 Å². The number of anilines is 1. The summed E-state index contributed by atoms with van der Waals surface area (Å²) in [7, 11) is 0. The normalized spacial score (nSPS) is 10.3. The Morgan fingerprint density at radius 1 is 1.09 bits per heavy atom. The van der Waals surface area contributed by atoms with Crippen molar-refractivity contribution in [1.29, 1.82) is 5.26 Å². The third kappa shape index (κ3) is 3.16. The Labute approximate surface area is 143 Å². The van der Waals surface area contributed by atoms with E-state index in [2.05, 4.69) is 16.5 Å². The number of hydrogen-bond donors (Lipinski definition) is 1. The minimum atomic E-state index is 0.393. The van der Waals surface area contributed by atoms with Gasteiger partial charge in [-0.15, -0.1) is 0 Å². The van der Waals surface area contributed by atoms with Crippen LogP contribution in [0.4, 0.5) is 5.82 Å². The fourth-order valence-electron chi connectivity index (χ4n) is 2.22. The SMILES string of the molecule is N#Cc1cnn(-c2cccc(Cl)c2Cl)c1NCc1ccccc1. The zero-order valence-corrected chi connectivity index (χ0v) is 13.5. The summed E-state index contributed by atoms with van der Waals surface area (Å²) in [5.74, 6) is 0.584. The van der Waals surface area contributed by atoms with Crippen molar-refractivity contribution in [3.63, 3.8) is 0 Å². The lowest BCUT2D eigenvalue weighted by Crippen LogP contribution is -2.08. The van der Waals surface area contributed by atoms with E-state index >= 15 is 0 Å². The maximum Gasteiger partial charge on any atom is 0.148 e. The summed E-state index contributed by atoms with van der Waals surface area (Å²) in [5.41, 5.74) is 2.16. The van der Waals surface area contributed by atoms with Gasteiger partial charge in [-0.25, -0.2) is 4.68 Å². The van der Waals surface area contributed by atoms with Crippen LogP contribution in [0.3, 0.4) is 0 Å². The van der Waals surface area contributed by atoms with Gasteiger partial charge in [0.25, 0.3) is 0 Å². The molecule has 23 heavy (non-hydrogen) atoms. The van der Waals surface area contributed by atoms with Gasteiger partial charge in [0.1, 0.15) is 17.5 Å². The number of nitriles is 1. The first-order valence-electron chi connectivity index (χ1n) is 6.91. The second kappa shape index (κ2) is 6.74. The molecule has 1 N–H and O–H groups in total. The molecule has 0 unspecified atom stereocenters. The van der Waals surface area contributed by atoms with E-state index in [0.717, 1.165) is 5.56 Å². The van der Waals surface area contributed by atoms with Gasteiger partial charge in [0, 0.05) is 6.54 Å². The molecule has 1 heterocycles. The van der Waals surface area contributed by atoms with Gasteiger partial charge in [0.05, 0.1) is 21.9 Å². The molecule has 0 spiro atoms. The molecule has 0 bridgehead atoms. The van der Waals surface area contributed by atoms with E-state index in [-0.39, 0.29) is 0 Å². The van der Waals surface area contributed by atoms with E-state index in [9.17, 15) is 5.26 Å². The van der Waals surface area contributed by atoms with Crippen LogP contribution in [0.15, 0.2) is 54.7 Å². The van der Waals surface area contributed by atoms with Crippen LogP contribution < -0.4 is 5.32 Å². The molecule has 0 aliphatic carbocycles. The molecule has 6 heteroatoms. The van der Waals surface area contributed by atoms with Crippen molar-refractivity contribution in [1.82, 2.24) is 9.78 Å². The van der Waals surface area contributed by atoms with Gasteiger partial charge in [0.15, 0.2) is 0 Å². The molecule has 0 saturated heterocycles. The molecule has 0 fully saturated rings. The van der Waals surface area contributed by atoms with Crippen LogP contribution in [0.25, 0.3) is 5.69 Å². The van der Waals surface area contributed by atoms with Gasteiger partial charge in [-0.05, 0) is 17.7 Å². The van der Waals surface area contributed by atoms with Crippen LogP contribution >= 0.6 is 23.2 Å². The van der Waals surface area contributed by atoms with Crippen LogP contribution in [0.5, 0.6) is 0 Å². The summed E-state index contributed by atoms with van der Waals surface area (Å²) in [6.45, 7) is 0.569. The van der Waals surface area contributed by atoms with E-state index in [1.807, 2.05) is 30.3 Å². The maximum absolute atomic E-state index is 9.30. The fraction of sp³-hybridized carbons (Fsp3) is 0.0588. The predicted molar refractivity (Wildman–Crippen MR) is 92.1 cm³/mol. The van der Waals surface area contributed by atoms with Crippen molar-refractivity contribution in [3.05, 3.63) is 75.9 Å². The minimum Gasteiger partial charge on any atom is -0.365 e. The van der Waals surface area contributed by atoms with E-state index in [0.29, 0.717) is 33.7 Å². The molecular weight excluding hydrogens is 331 g/mol. The number of halogens is 2. The number of hydrogen-bond acceptors (Lipinski definition) is 3. The highest BCUT2D eigenvalue weighted by Gasteiger charge is 2.15. The average Bonchev–Trinajstić information content (AvgIpc) is 2.99. The van der Waals surface area contributed by atoms with E-state index in [1.165, 1.54) is 6.20 Å². The molecule has 0 aliphatic rings. The average molecular weight is 343 g/mol. The van der Waals surface area contributed by atoms with Gasteiger partial charge in [-0.2, -0.15) is 10.4 Å². The highest BCUT2D eigenvalue weighted by molar-refractivity contribution is 6.43. The second-order valence-electron chi connectivity index (χ2n) is 4.84. The Kier molecular flexibility index (Phi) is 4.52. The van der Waals surface area contributed by atoms with Crippen molar-refractivity contribution >= 4 is 29.0 Å². The van der Waals surface area contributed by atoms with Gasteiger partial charge in [0.2, 0.25) is 0 Å². The maximum atomic E-state index is 9.30. The van der Waals surface area contributed by atoms with Crippen molar-refractivity contribution in [3.8, 4) is 11.8 Å². The molecule has 0 saturated carbocycles. The summed E-state index contributed by atoms with van der Waals surface area (Å²) in [4.78, 5) is 0. The highest BCUT2D eigenvalue weighted by atomic mass is 35.5. The molecule has 0 amide bonds. The molecule has 1 aromatic heterocycles. The monoisotopic (exact) mass is 342 g/mol. The van der Waals surface area contributed by atoms with Crippen molar-refractivity contribution in [2.75, 3.05) is 5.32 Å². The first-order valence-corrected chi connectivity index (χ1v) is 7.66. The Hall–Kier alpha value is -2.48. The number of nitrogens with zero attached hydrogens (tertiary/aromatic N) is 3. The molecule has 0 aliphatic heterocycles. The molecular formula is C17H12Cl2N4. The first kappa shape index (κ1) is 15.4. The Morgan fingerprint density at radius 3 is 2.61 bits per heavy atom. The standard InChI is InChI=1S/C17H12Cl2N4/c18-14-7-4-8-15(16(14)19)23-17(13(9-20)11-22-23)21-10-12-5-2-1-3-6-12/h1-8,11,21H,10H2. The summed E-state index contributed by atoms with van der Waals surface area (Å²) in [6.07, 6.45) is 1.50. The van der Waals surface area contributed by atoms with Gasteiger partial charge >= 0.3 is 0 Å². The Balaban J connectivity index is 1.98. The summed E-state index contributed by atoms with van der Waals surface area (Å²) < 4.78 is 1.59. The molecule has 3 rings (SSSR count). The van der Waals surface area contributed by atoms with Gasteiger partial charge in [-0.3, -0.25) is 0 Å². The number of aromatic nitrogens is 2. The van der Waals surface area contributed by atoms with Crippen molar-refractivity contribution in [2.45, 2.75) is 6.54 Å². The lowest BCUT2D eigenvalue weighted by Gasteiger charge is -2.12. The van der Waals surface area contributed by atoms with Gasteiger partial charge in [-0.1, -0.05) is 59.6 Å². The molecule has 0 atom stereocenters. The van der Waals surface area contributed by atoms with Crippen LogP contribution in [-0.4, -0.2) is 9.78 Å². The van der Waals surface area contributed by atoms with Gasteiger partial charge < -0.3 is 5.32 Å². The molecule has 2 aromatic carbocycles. The zero-order chi connectivity index (χ0) is 16.2. The number of nitrogens with one attached hydrogen (secondary N) is 1. The lowest BCUT2D eigenvalue weighted by molar-refractivity contribution is 0.875. The predicted octanol–water partition coefficient (Wildman–Crippen LogP) is 4.66. The second-order valence-corrected chi connectivity index (χ2v) is 5.63. The lowest BCUT2D eigenvalue weighted by atomic mass is 10.2. The third-order valence-electron chi connectivity index (χ3n) is 3.35. The first-order chi connectivity index (χ1) is 11.2. The smallest absolute Gasteiger partial charge is 0.148 e. The zero-order valence-electron chi connectivity index (χ0n) is 12.0. The van der Waals surface area contributed by atoms with E-state index in [4.69, 9.17) is 23.2 Å². The summed E-state index contributed by atoms with van der Waals surface area (Å²) in [5, 5.41) is 17.6.